The zero-order valence-corrected chi connectivity index (χ0v) is 9.76. The van der Waals surface area contributed by atoms with Crippen LogP contribution < -0.4 is 0 Å². The van der Waals surface area contributed by atoms with Crippen molar-refractivity contribution in [2.45, 2.75) is 46.0 Å². The third kappa shape index (κ3) is 7.85. The molecule has 0 rings (SSSR count). The first kappa shape index (κ1) is 13.2. The molecule has 0 heterocycles. The van der Waals surface area contributed by atoms with Gasteiger partial charge in [0.05, 0.1) is 0 Å². The molecular weight excluding hydrogens is 168 g/mol. The Hall–Kier alpha value is -0.780. The molecule has 1 atom stereocenters. The summed E-state index contributed by atoms with van der Waals surface area (Å²) in [6, 6.07) is 0. The Morgan fingerprint density at radius 3 is 2.57 bits per heavy atom. The molecule has 0 aliphatic rings. The molecule has 80 valence electrons. The second kappa shape index (κ2) is 8.80. The van der Waals surface area contributed by atoms with Crippen LogP contribution in [0.1, 0.15) is 46.0 Å². The Labute approximate surface area is 89.4 Å². The van der Waals surface area contributed by atoms with Crippen molar-refractivity contribution in [2.75, 3.05) is 0 Å². The number of unbranched alkanes of at least 4 members (excludes halogenated alkanes) is 1. The Kier molecular flexibility index (Phi) is 8.31. The van der Waals surface area contributed by atoms with Crippen molar-refractivity contribution in [1.29, 1.82) is 0 Å². The van der Waals surface area contributed by atoms with Crippen LogP contribution in [0.4, 0.5) is 0 Å². The molecule has 14 heavy (non-hydrogen) atoms. The average Bonchev–Trinajstić information content (AvgIpc) is 2.13. The van der Waals surface area contributed by atoms with Crippen LogP contribution in [0.15, 0.2) is 37.0 Å². The van der Waals surface area contributed by atoms with Crippen molar-refractivity contribution in [3.63, 3.8) is 0 Å². The minimum Gasteiger partial charge on any atom is -0.103 e. The summed E-state index contributed by atoms with van der Waals surface area (Å²) >= 11 is 0. The van der Waals surface area contributed by atoms with Crippen LogP contribution in [0.5, 0.6) is 0 Å². The lowest BCUT2D eigenvalue weighted by Crippen LogP contribution is -1.96. The van der Waals surface area contributed by atoms with Crippen molar-refractivity contribution in [1.82, 2.24) is 0 Å². The first-order valence-electron chi connectivity index (χ1n) is 5.62. The van der Waals surface area contributed by atoms with Gasteiger partial charge < -0.3 is 0 Å². The molecule has 0 aromatic rings. The molecule has 0 aromatic carbocycles. The summed E-state index contributed by atoms with van der Waals surface area (Å²) < 4.78 is 0. The van der Waals surface area contributed by atoms with Crippen molar-refractivity contribution in [2.24, 2.45) is 5.92 Å². The minimum absolute atomic E-state index is 0.664. The third-order valence-electron chi connectivity index (χ3n) is 2.22. The van der Waals surface area contributed by atoms with Crippen LogP contribution >= 0.6 is 0 Å². The standard InChI is InChI=1S/C14H24/c1-5-7-9-11-14(10-8-6-2)12-13(3)4/h6,9,11,14H,2-3,5,7-8,10,12H2,1,4H3. The molecule has 0 bridgehead atoms. The van der Waals surface area contributed by atoms with Gasteiger partial charge in [0.1, 0.15) is 0 Å². The van der Waals surface area contributed by atoms with Gasteiger partial charge in [-0.15, -0.1) is 13.2 Å². The fourth-order valence-corrected chi connectivity index (χ4v) is 1.50. The molecule has 0 saturated heterocycles. The number of hydrogen-bond acceptors (Lipinski definition) is 0. The van der Waals surface area contributed by atoms with Crippen molar-refractivity contribution in [3.05, 3.63) is 37.0 Å². The van der Waals surface area contributed by atoms with E-state index in [0.717, 1.165) is 12.8 Å². The van der Waals surface area contributed by atoms with E-state index in [2.05, 4.69) is 39.2 Å². The van der Waals surface area contributed by atoms with E-state index in [0.29, 0.717) is 5.92 Å². The van der Waals surface area contributed by atoms with Crippen LogP contribution in [0, 0.1) is 5.92 Å². The smallest absolute Gasteiger partial charge is 0.0194 e. The Bertz CT molecular complexity index is 186. The highest BCUT2D eigenvalue weighted by molar-refractivity contribution is 4.98. The summed E-state index contributed by atoms with van der Waals surface area (Å²) in [4.78, 5) is 0. The molecule has 1 unspecified atom stereocenters. The SMILES string of the molecule is C=CCCC(C=CCCC)CC(=C)C. The highest BCUT2D eigenvalue weighted by Crippen LogP contribution is 2.18. The third-order valence-corrected chi connectivity index (χ3v) is 2.22. The summed E-state index contributed by atoms with van der Waals surface area (Å²) in [6.07, 6.45) is 12.5. The summed E-state index contributed by atoms with van der Waals surface area (Å²) in [7, 11) is 0. The molecule has 0 heteroatoms. The lowest BCUT2D eigenvalue weighted by molar-refractivity contribution is 0.591. The quantitative estimate of drug-likeness (QED) is 0.480. The Morgan fingerprint density at radius 2 is 2.07 bits per heavy atom. The van der Waals surface area contributed by atoms with Crippen LogP contribution in [-0.4, -0.2) is 0 Å². The molecule has 0 amide bonds. The summed E-state index contributed by atoms with van der Waals surface area (Å²) in [5, 5.41) is 0. The summed E-state index contributed by atoms with van der Waals surface area (Å²) in [6.45, 7) is 12.0. The lowest BCUT2D eigenvalue weighted by Gasteiger charge is -2.11. The maximum atomic E-state index is 3.97. The van der Waals surface area contributed by atoms with Gasteiger partial charge in [0.25, 0.3) is 0 Å². The maximum Gasteiger partial charge on any atom is -0.0194 e. The van der Waals surface area contributed by atoms with Gasteiger partial charge in [-0.3, -0.25) is 0 Å². The maximum absolute atomic E-state index is 3.97. The van der Waals surface area contributed by atoms with Crippen molar-refractivity contribution >= 4 is 0 Å². The van der Waals surface area contributed by atoms with Gasteiger partial charge in [-0.05, 0) is 38.5 Å². The topological polar surface area (TPSA) is 0 Å². The zero-order chi connectivity index (χ0) is 10.8. The van der Waals surface area contributed by atoms with E-state index in [1.165, 1.54) is 24.8 Å². The predicted molar refractivity (Wildman–Crippen MR) is 66.4 cm³/mol. The normalized spacial score (nSPS) is 13.0. The zero-order valence-electron chi connectivity index (χ0n) is 9.76. The molecule has 0 aliphatic heterocycles. The second-order valence-electron chi connectivity index (χ2n) is 4.00. The molecule has 0 N–H and O–H groups in total. The molecule has 0 fully saturated rings. The highest BCUT2D eigenvalue weighted by Gasteiger charge is 2.03. The number of hydrogen-bond donors (Lipinski definition) is 0. The Balaban J connectivity index is 3.95. The van der Waals surface area contributed by atoms with Gasteiger partial charge in [-0.2, -0.15) is 0 Å². The highest BCUT2D eigenvalue weighted by atomic mass is 14.1. The van der Waals surface area contributed by atoms with E-state index in [4.69, 9.17) is 0 Å². The van der Waals surface area contributed by atoms with Crippen LogP contribution in [-0.2, 0) is 0 Å². The van der Waals surface area contributed by atoms with Gasteiger partial charge in [-0.1, -0.05) is 37.1 Å². The fraction of sp³-hybridized carbons (Fsp3) is 0.571. The number of rotatable bonds is 8. The first-order valence-corrected chi connectivity index (χ1v) is 5.62. The molecule has 0 aliphatic carbocycles. The van der Waals surface area contributed by atoms with E-state index < -0.39 is 0 Å². The molecule has 0 aromatic heterocycles. The van der Waals surface area contributed by atoms with Crippen molar-refractivity contribution < 1.29 is 0 Å². The molecule has 0 radical (unpaired) electrons. The van der Waals surface area contributed by atoms with Crippen LogP contribution in [0.25, 0.3) is 0 Å². The molecular formula is C14H24. The average molecular weight is 192 g/mol. The molecule has 0 spiro atoms. The van der Waals surface area contributed by atoms with Gasteiger partial charge in [0, 0.05) is 0 Å². The minimum atomic E-state index is 0.664. The van der Waals surface area contributed by atoms with E-state index >= 15 is 0 Å². The summed E-state index contributed by atoms with van der Waals surface area (Å²) in [5.74, 6) is 0.664. The predicted octanol–water partition coefficient (Wildman–Crippen LogP) is 4.89. The van der Waals surface area contributed by atoms with E-state index in [1.807, 2.05) is 6.08 Å². The Morgan fingerprint density at radius 1 is 1.36 bits per heavy atom. The van der Waals surface area contributed by atoms with E-state index in [9.17, 15) is 0 Å². The lowest BCUT2D eigenvalue weighted by atomic mass is 9.95. The van der Waals surface area contributed by atoms with Crippen molar-refractivity contribution in [3.8, 4) is 0 Å². The molecule has 0 nitrogen and oxygen atoms in total. The van der Waals surface area contributed by atoms with Crippen LogP contribution in [0.2, 0.25) is 0 Å². The largest absolute Gasteiger partial charge is 0.103 e. The van der Waals surface area contributed by atoms with Gasteiger partial charge >= 0.3 is 0 Å². The van der Waals surface area contributed by atoms with Gasteiger partial charge in [0.2, 0.25) is 0 Å². The van der Waals surface area contributed by atoms with Gasteiger partial charge in [0.15, 0.2) is 0 Å². The fourth-order valence-electron chi connectivity index (χ4n) is 1.50. The van der Waals surface area contributed by atoms with Crippen LogP contribution in [0.3, 0.4) is 0 Å². The first-order chi connectivity index (χ1) is 6.70. The van der Waals surface area contributed by atoms with E-state index in [1.54, 1.807) is 0 Å². The summed E-state index contributed by atoms with van der Waals surface area (Å²) in [5.41, 5.74) is 1.28. The second-order valence-corrected chi connectivity index (χ2v) is 4.00. The van der Waals surface area contributed by atoms with E-state index in [-0.39, 0.29) is 0 Å². The number of allylic oxidation sites excluding steroid dienone is 4. The van der Waals surface area contributed by atoms with Gasteiger partial charge in [-0.25, -0.2) is 0 Å². The monoisotopic (exact) mass is 192 g/mol. The molecule has 0 saturated carbocycles.